The molecule has 3 atom stereocenters. The number of nitrogens with one attached hydrogen (secondary N) is 3. The second-order valence-corrected chi connectivity index (χ2v) is 11.0. The summed E-state index contributed by atoms with van der Waals surface area (Å²) in [5, 5.41) is 8.84. The van der Waals surface area contributed by atoms with Crippen LogP contribution in [0, 0.1) is 5.92 Å². The van der Waals surface area contributed by atoms with E-state index in [9.17, 15) is 19.2 Å². The van der Waals surface area contributed by atoms with Crippen molar-refractivity contribution in [2.45, 2.75) is 71.0 Å². The molecule has 4 amide bonds. The number of benzene rings is 2. The Bertz CT molecular complexity index is 1320. The quantitative estimate of drug-likeness (QED) is 0.161. The predicted molar refractivity (Wildman–Crippen MR) is 166 cm³/mol. The number of dihydropyridines is 1. The lowest BCUT2D eigenvalue weighted by Gasteiger charge is -2.44. The van der Waals surface area contributed by atoms with E-state index in [-0.39, 0.29) is 19.1 Å². The van der Waals surface area contributed by atoms with Gasteiger partial charge in [0.25, 0.3) is 0 Å². The number of carbonyl (C=O) groups excluding carboxylic acids is 4. The predicted octanol–water partition coefficient (Wildman–Crippen LogP) is 5.33. The average molecular weight is 603 g/mol. The Labute approximate surface area is 258 Å². The molecule has 0 saturated carbocycles. The molecule has 1 fully saturated rings. The van der Waals surface area contributed by atoms with Gasteiger partial charge in [-0.3, -0.25) is 10.1 Å². The minimum Gasteiger partial charge on any atom is -0.464 e. The topological polar surface area (TPSA) is 126 Å². The van der Waals surface area contributed by atoms with Gasteiger partial charge in [-0.05, 0) is 49.5 Å². The van der Waals surface area contributed by atoms with Crippen molar-refractivity contribution in [1.82, 2.24) is 20.9 Å². The first-order valence-electron chi connectivity index (χ1n) is 15.3. The lowest BCUT2D eigenvalue weighted by Crippen LogP contribution is -2.68. The zero-order valence-electron chi connectivity index (χ0n) is 25.6. The van der Waals surface area contributed by atoms with E-state index in [1.54, 1.807) is 13.0 Å². The largest absolute Gasteiger partial charge is 0.464 e. The minimum atomic E-state index is -1.08. The van der Waals surface area contributed by atoms with Gasteiger partial charge in [0.15, 0.2) is 6.04 Å². The first-order valence-corrected chi connectivity index (χ1v) is 15.3. The van der Waals surface area contributed by atoms with Crippen LogP contribution < -0.4 is 16.0 Å². The molecule has 44 heavy (non-hydrogen) atoms. The lowest BCUT2D eigenvalue weighted by atomic mass is 9.81. The van der Waals surface area contributed by atoms with Crippen LogP contribution in [0.2, 0.25) is 0 Å². The summed E-state index contributed by atoms with van der Waals surface area (Å²) in [5.74, 6) is -1.47. The van der Waals surface area contributed by atoms with Crippen LogP contribution in [-0.4, -0.2) is 54.2 Å². The molecular formula is C34H42N4O6. The number of carbonyl (C=O) groups is 4. The fourth-order valence-electron chi connectivity index (χ4n) is 5.49. The molecule has 2 aliphatic heterocycles. The van der Waals surface area contributed by atoms with E-state index in [0.29, 0.717) is 12.4 Å². The molecule has 0 radical (unpaired) electrons. The zero-order chi connectivity index (χ0) is 31.5. The van der Waals surface area contributed by atoms with E-state index in [1.807, 2.05) is 73.7 Å². The molecule has 1 saturated heterocycles. The number of hydrogen-bond donors (Lipinski definition) is 3. The van der Waals surface area contributed by atoms with Gasteiger partial charge in [0.05, 0.1) is 25.2 Å². The summed E-state index contributed by atoms with van der Waals surface area (Å²) in [5.41, 5.74) is 2.42. The maximum absolute atomic E-state index is 13.6. The van der Waals surface area contributed by atoms with Gasteiger partial charge in [-0.1, -0.05) is 92.9 Å². The highest BCUT2D eigenvalue weighted by molar-refractivity contribution is 6.08. The van der Waals surface area contributed by atoms with Gasteiger partial charge in [0, 0.05) is 6.04 Å². The van der Waals surface area contributed by atoms with E-state index in [2.05, 4.69) is 22.9 Å². The number of alkyl carbamates (subject to hydrolysis) is 1. The van der Waals surface area contributed by atoms with E-state index < -0.39 is 42.0 Å². The normalized spacial score (nSPS) is 19.2. The number of amides is 4. The highest BCUT2D eigenvalue weighted by Gasteiger charge is 2.55. The molecule has 2 aliphatic rings. The molecule has 0 aliphatic carbocycles. The smallest absolute Gasteiger partial charge is 0.412 e. The summed E-state index contributed by atoms with van der Waals surface area (Å²) in [4.78, 5) is 53.5. The molecule has 0 bridgehead atoms. The number of allylic oxidation sites excluding steroid dienone is 2. The summed E-state index contributed by atoms with van der Waals surface area (Å²) < 4.78 is 10.6. The molecule has 0 spiro atoms. The number of urea groups is 1. The van der Waals surface area contributed by atoms with Crippen molar-refractivity contribution in [2.75, 3.05) is 13.2 Å². The maximum Gasteiger partial charge on any atom is 0.412 e. The number of nitrogens with zero attached hydrogens (tertiary/aromatic N) is 1. The molecule has 10 heteroatoms. The summed E-state index contributed by atoms with van der Waals surface area (Å²) in [6.45, 7) is 6.15. The third kappa shape index (κ3) is 8.27. The number of esters is 1. The van der Waals surface area contributed by atoms with Gasteiger partial charge < -0.3 is 20.1 Å². The van der Waals surface area contributed by atoms with Gasteiger partial charge in [0.2, 0.25) is 5.91 Å². The lowest BCUT2D eigenvalue weighted by molar-refractivity contribution is -0.169. The Hall–Kier alpha value is -4.60. The van der Waals surface area contributed by atoms with Crippen molar-refractivity contribution in [3.8, 4) is 0 Å². The SMILES string of the molecule is CCCCCCOC(=O)NC1=CC(C[C@H]2C(=O)N(C(=O)NC(c3ccccc3)c3ccccc3)[C@@H]2C(=O)OCC)=C[C@@H](C)N1. The van der Waals surface area contributed by atoms with Crippen LogP contribution in [0.5, 0.6) is 0 Å². The standard InChI is InChI=1S/C34H42N4O6/c1-4-6-7-14-19-44-34(42)36-28-22-24(20-23(3)35-28)21-27-30(32(40)43-5-2)38(31(27)39)33(41)37-29(25-15-10-8-11-16-25)26-17-12-9-13-18-26/h8-13,15-18,20,22-23,27,29-30,35H,4-7,14,19,21H2,1-3H3,(H,36,42)(H,37,41)/t23-,27-,30+/m1/s1. The first kappa shape index (κ1) is 32.3. The van der Waals surface area contributed by atoms with Crippen molar-refractivity contribution >= 4 is 24.0 Å². The van der Waals surface area contributed by atoms with Gasteiger partial charge in [-0.2, -0.15) is 0 Å². The molecule has 2 heterocycles. The van der Waals surface area contributed by atoms with Crippen LogP contribution in [0.15, 0.2) is 84.2 Å². The number of ether oxygens (including phenoxy) is 2. The van der Waals surface area contributed by atoms with Gasteiger partial charge in [-0.25, -0.2) is 19.3 Å². The third-order valence-corrected chi connectivity index (χ3v) is 7.59. The monoisotopic (exact) mass is 602 g/mol. The fraction of sp³-hybridized carbons (Fsp3) is 0.412. The summed E-state index contributed by atoms with van der Waals surface area (Å²) in [6.07, 6.45) is 7.26. The third-order valence-electron chi connectivity index (χ3n) is 7.59. The molecule has 234 valence electrons. The van der Waals surface area contributed by atoms with Crippen molar-refractivity contribution in [3.05, 3.63) is 95.3 Å². The Morgan fingerprint density at radius 2 is 1.59 bits per heavy atom. The second-order valence-electron chi connectivity index (χ2n) is 11.0. The molecule has 3 N–H and O–H groups in total. The average Bonchev–Trinajstić information content (AvgIpc) is 3.01. The minimum absolute atomic E-state index is 0.112. The molecular weight excluding hydrogens is 560 g/mol. The van der Waals surface area contributed by atoms with Crippen molar-refractivity contribution in [2.24, 2.45) is 5.92 Å². The van der Waals surface area contributed by atoms with Crippen LogP contribution >= 0.6 is 0 Å². The summed E-state index contributed by atoms with van der Waals surface area (Å²) in [7, 11) is 0. The fourth-order valence-corrected chi connectivity index (χ4v) is 5.49. The Balaban J connectivity index is 1.46. The number of rotatable bonds is 13. The molecule has 2 aromatic carbocycles. The van der Waals surface area contributed by atoms with Crippen LogP contribution in [0.25, 0.3) is 0 Å². The second kappa shape index (κ2) is 15.7. The first-order chi connectivity index (χ1) is 21.3. The number of likely N-dealkylation sites (tertiary alicyclic amines) is 1. The highest BCUT2D eigenvalue weighted by Crippen LogP contribution is 2.35. The Morgan fingerprint density at radius 3 is 2.20 bits per heavy atom. The van der Waals surface area contributed by atoms with E-state index >= 15 is 0 Å². The van der Waals surface area contributed by atoms with E-state index in [0.717, 1.165) is 47.3 Å². The van der Waals surface area contributed by atoms with Crippen LogP contribution in [-0.2, 0) is 19.1 Å². The number of imide groups is 1. The van der Waals surface area contributed by atoms with Gasteiger partial charge >= 0.3 is 18.1 Å². The Morgan fingerprint density at radius 1 is 0.932 bits per heavy atom. The van der Waals surface area contributed by atoms with Crippen LogP contribution in [0.3, 0.4) is 0 Å². The molecule has 0 aromatic heterocycles. The molecule has 10 nitrogen and oxygen atoms in total. The highest BCUT2D eigenvalue weighted by atomic mass is 16.5. The van der Waals surface area contributed by atoms with Crippen LogP contribution in [0.1, 0.15) is 70.0 Å². The van der Waals surface area contributed by atoms with Crippen molar-refractivity contribution in [1.29, 1.82) is 0 Å². The van der Waals surface area contributed by atoms with E-state index in [4.69, 9.17) is 9.47 Å². The van der Waals surface area contributed by atoms with E-state index in [1.165, 1.54) is 0 Å². The van der Waals surface area contributed by atoms with Crippen LogP contribution in [0.4, 0.5) is 9.59 Å². The summed E-state index contributed by atoms with van der Waals surface area (Å²) >= 11 is 0. The van der Waals surface area contributed by atoms with Gasteiger partial charge in [-0.15, -0.1) is 0 Å². The number of unbranched alkanes of at least 4 members (excludes halogenated alkanes) is 3. The Kier molecular flexibility index (Phi) is 11.6. The van der Waals surface area contributed by atoms with Gasteiger partial charge in [0.1, 0.15) is 5.82 Å². The van der Waals surface area contributed by atoms with Crippen molar-refractivity contribution < 1.29 is 28.7 Å². The molecule has 2 aromatic rings. The van der Waals surface area contributed by atoms with Crippen molar-refractivity contribution in [3.63, 3.8) is 0 Å². The number of β-lactam (4-membered cyclic amide) rings is 1. The summed E-state index contributed by atoms with van der Waals surface area (Å²) in [6, 6.07) is 16.4. The molecule has 4 rings (SSSR count). The number of hydrogen-bond acceptors (Lipinski definition) is 7. The molecule has 0 unspecified atom stereocenters. The zero-order valence-corrected chi connectivity index (χ0v) is 25.6. The maximum atomic E-state index is 13.6.